The summed E-state index contributed by atoms with van der Waals surface area (Å²) in [7, 11) is 5.83. The Balaban J connectivity index is 2.45. The SMILES string of the molecule is COC(=O)c1cc(=O)nc(/C(=N\Nc2ccc(OC)cc2)C(=O)N(C)C)s1. The number of ether oxygens (including phenoxy) is 2. The number of carbonyl (C=O) groups is 2. The summed E-state index contributed by atoms with van der Waals surface area (Å²) in [6, 6.07) is 7.91. The second kappa shape index (κ2) is 8.90. The van der Waals surface area contributed by atoms with E-state index in [1.807, 2.05) is 0 Å². The minimum Gasteiger partial charge on any atom is -0.497 e. The maximum absolute atomic E-state index is 12.5. The third-order valence-electron chi connectivity index (χ3n) is 3.26. The topological polar surface area (TPSA) is 110 Å². The van der Waals surface area contributed by atoms with Gasteiger partial charge in [0.25, 0.3) is 11.5 Å². The van der Waals surface area contributed by atoms with Crippen molar-refractivity contribution in [2.75, 3.05) is 33.7 Å². The lowest BCUT2D eigenvalue weighted by molar-refractivity contribution is -0.121. The van der Waals surface area contributed by atoms with Crippen molar-refractivity contribution in [3.8, 4) is 5.75 Å². The maximum atomic E-state index is 12.5. The Labute approximate surface area is 159 Å². The Morgan fingerprint density at radius 1 is 1.19 bits per heavy atom. The number of nitrogens with one attached hydrogen (secondary N) is 1. The normalized spacial score (nSPS) is 10.9. The number of rotatable bonds is 6. The fraction of sp³-hybridized carbons (Fsp3) is 0.235. The molecule has 1 aromatic heterocycles. The number of hydrogen-bond donors (Lipinski definition) is 1. The van der Waals surface area contributed by atoms with Gasteiger partial charge in [0.1, 0.15) is 10.6 Å². The molecule has 2 aromatic rings. The number of likely N-dealkylation sites (N-methyl/N-ethyl adjacent to an activating group) is 1. The van der Waals surface area contributed by atoms with Gasteiger partial charge in [-0.05, 0) is 24.3 Å². The summed E-state index contributed by atoms with van der Waals surface area (Å²) in [5, 5.41) is 4.10. The van der Waals surface area contributed by atoms with Gasteiger partial charge in [-0.1, -0.05) is 0 Å². The Morgan fingerprint density at radius 3 is 2.41 bits per heavy atom. The van der Waals surface area contributed by atoms with Crippen molar-refractivity contribution in [3.63, 3.8) is 0 Å². The predicted octanol–water partition coefficient (Wildman–Crippen LogP) is 1.20. The molecule has 0 atom stereocenters. The van der Waals surface area contributed by atoms with Crippen LogP contribution in [0.15, 0.2) is 40.2 Å². The lowest BCUT2D eigenvalue weighted by Gasteiger charge is -2.12. The van der Waals surface area contributed by atoms with E-state index in [1.54, 1.807) is 31.4 Å². The molecule has 0 saturated heterocycles. The van der Waals surface area contributed by atoms with E-state index in [0.717, 1.165) is 17.4 Å². The van der Waals surface area contributed by atoms with Gasteiger partial charge in [0.05, 0.1) is 19.9 Å². The highest BCUT2D eigenvalue weighted by Crippen LogP contribution is 2.16. The molecule has 1 N–H and O–H groups in total. The van der Waals surface area contributed by atoms with E-state index in [0.29, 0.717) is 11.4 Å². The fourth-order valence-electron chi connectivity index (χ4n) is 1.89. The molecule has 142 valence electrons. The van der Waals surface area contributed by atoms with E-state index in [9.17, 15) is 14.4 Å². The highest BCUT2D eigenvalue weighted by atomic mass is 32.1. The number of nitrogens with zero attached hydrogens (tertiary/aromatic N) is 3. The summed E-state index contributed by atoms with van der Waals surface area (Å²) >= 11 is 0.840. The molecule has 10 heteroatoms. The summed E-state index contributed by atoms with van der Waals surface area (Å²) in [5.41, 5.74) is 2.56. The molecule has 0 fully saturated rings. The van der Waals surface area contributed by atoms with Gasteiger partial charge in [-0.25, -0.2) is 4.79 Å². The van der Waals surface area contributed by atoms with Crippen LogP contribution in [-0.2, 0) is 9.53 Å². The summed E-state index contributed by atoms with van der Waals surface area (Å²) < 4.78 is 9.71. The molecule has 9 nitrogen and oxygen atoms in total. The van der Waals surface area contributed by atoms with Gasteiger partial charge in [0.15, 0.2) is 10.7 Å². The smallest absolute Gasteiger partial charge is 0.348 e. The average molecular weight is 390 g/mol. The molecule has 0 aliphatic heterocycles. The van der Waals surface area contributed by atoms with Crippen molar-refractivity contribution < 1.29 is 19.1 Å². The van der Waals surface area contributed by atoms with E-state index in [1.165, 1.54) is 26.1 Å². The van der Waals surface area contributed by atoms with Gasteiger partial charge in [-0.15, -0.1) is 11.3 Å². The van der Waals surface area contributed by atoms with Crippen LogP contribution in [0.2, 0.25) is 0 Å². The first-order valence-corrected chi connectivity index (χ1v) is 8.47. The quantitative estimate of drug-likeness (QED) is 0.448. The number of benzene rings is 1. The summed E-state index contributed by atoms with van der Waals surface area (Å²) in [5.74, 6) is -0.513. The molecule has 0 unspecified atom stereocenters. The van der Waals surface area contributed by atoms with Crippen molar-refractivity contribution in [1.29, 1.82) is 0 Å². The molecule has 0 bridgehead atoms. The first-order chi connectivity index (χ1) is 12.8. The van der Waals surface area contributed by atoms with Crippen molar-refractivity contribution in [2.24, 2.45) is 5.10 Å². The number of hydrogen-bond acceptors (Lipinski definition) is 9. The molecule has 2 rings (SSSR count). The maximum Gasteiger partial charge on any atom is 0.348 e. The minimum absolute atomic E-state index is 0.00242. The standard InChI is InChI=1S/C17H18N4O5S/c1-21(2)16(23)14(20-19-10-5-7-11(25-3)8-6-10)15-18-13(22)9-12(27-15)17(24)26-4/h5-9,19H,1-4H3/b20-14+. The van der Waals surface area contributed by atoms with Crippen LogP contribution < -0.4 is 15.7 Å². The Hall–Kier alpha value is -3.27. The van der Waals surface area contributed by atoms with Crippen LogP contribution in [0.4, 0.5) is 5.69 Å². The van der Waals surface area contributed by atoms with Gasteiger partial charge in [0, 0.05) is 20.2 Å². The summed E-state index contributed by atoms with van der Waals surface area (Å²) in [4.78, 5) is 41.2. The largest absolute Gasteiger partial charge is 0.497 e. The van der Waals surface area contributed by atoms with Gasteiger partial charge in [-0.2, -0.15) is 10.1 Å². The number of esters is 1. The zero-order chi connectivity index (χ0) is 20.0. The van der Waals surface area contributed by atoms with Crippen LogP contribution in [0.25, 0.3) is 0 Å². The van der Waals surface area contributed by atoms with E-state index in [2.05, 4.69) is 20.2 Å². The van der Waals surface area contributed by atoms with Gasteiger partial charge < -0.3 is 14.4 Å². The Bertz CT molecular complexity index is 922. The third kappa shape index (κ3) is 5.11. The van der Waals surface area contributed by atoms with E-state index in [4.69, 9.17) is 4.74 Å². The molecule has 27 heavy (non-hydrogen) atoms. The lowest BCUT2D eigenvalue weighted by atomic mass is 10.3. The second-order valence-electron chi connectivity index (χ2n) is 5.36. The monoisotopic (exact) mass is 390 g/mol. The number of methoxy groups -OCH3 is 2. The first-order valence-electron chi connectivity index (χ1n) is 7.66. The number of hydrazone groups is 1. The fourth-order valence-corrected chi connectivity index (χ4v) is 2.79. The highest BCUT2D eigenvalue weighted by molar-refractivity contribution is 7.16. The molecule has 0 radical (unpaired) electrons. The molecule has 1 amide bonds. The summed E-state index contributed by atoms with van der Waals surface area (Å²) in [6.07, 6.45) is 0. The first kappa shape index (κ1) is 20.0. The van der Waals surface area contributed by atoms with Gasteiger partial charge in [-0.3, -0.25) is 15.0 Å². The van der Waals surface area contributed by atoms with Gasteiger partial charge >= 0.3 is 5.97 Å². The Kier molecular flexibility index (Phi) is 6.61. The molecule has 1 heterocycles. The van der Waals surface area contributed by atoms with Crippen LogP contribution in [0.1, 0.15) is 14.7 Å². The molecule has 1 aromatic carbocycles. The van der Waals surface area contributed by atoms with Crippen LogP contribution >= 0.6 is 11.3 Å². The molecule has 0 aliphatic carbocycles. The molecular formula is C17H18N4O5S. The van der Waals surface area contributed by atoms with Gasteiger partial charge in [0.2, 0.25) is 0 Å². The minimum atomic E-state index is -0.694. The number of carbonyl (C=O) groups excluding carboxylic acids is 2. The van der Waals surface area contributed by atoms with Crippen molar-refractivity contribution >= 4 is 34.6 Å². The average Bonchev–Trinajstić information content (AvgIpc) is 2.67. The highest BCUT2D eigenvalue weighted by Gasteiger charge is 2.22. The number of amides is 1. The van der Waals surface area contributed by atoms with E-state index < -0.39 is 17.4 Å². The molecule has 0 aliphatic rings. The summed E-state index contributed by atoms with van der Waals surface area (Å²) in [6.45, 7) is 0. The lowest BCUT2D eigenvalue weighted by Crippen LogP contribution is -2.32. The molecular weight excluding hydrogens is 372 g/mol. The van der Waals surface area contributed by atoms with Crippen molar-refractivity contribution in [3.05, 3.63) is 50.6 Å². The van der Waals surface area contributed by atoms with Crippen LogP contribution in [-0.4, -0.2) is 55.8 Å². The van der Waals surface area contributed by atoms with Crippen LogP contribution in [0.5, 0.6) is 5.75 Å². The third-order valence-corrected chi connectivity index (χ3v) is 4.24. The van der Waals surface area contributed by atoms with E-state index in [-0.39, 0.29) is 15.6 Å². The zero-order valence-electron chi connectivity index (χ0n) is 15.2. The molecule has 0 spiro atoms. The number of aromatic nitrogens is 1. The van der Waals surface area contributed by atoms with Crippen LogP contribution in [0, 0.1) is 0 Å². The van der Waals surface area contributed by atoms with Crippen molar-refractivity contribution in [1.82, 2.24) is 9.88 Å². The zero-order valence-corrected chi connectivity index (χ0v) is 16.0. The predicted molar refractivity (Wildman–Crippen MR) is 102 cm³/mol. The van der Waals surface area contributed by atoms with Crippen molar-refractivity contribution in [2.45, 2.75) is 0 Å². The Morgan fingerprint density at radius 2 is 1.85 bits per heavy atom. The van der Waals surface area contributed by atoms with E-state index >= 15 is 0 Å². The number of anilines is 1. The molecule has 0 saturated carbocycles. The van der Waals surface area contributed by atoms with Crippen LogP contribution in [0.3, 0.4) is 0 Å². The second-order valence-corrected chi connectivity index (χ2v) is 6.39.